The molecule has 26 heavy (non-hydrogen) atoms. The third-order valence-electron chi connectivity index (χ3n) is 5.55. The molecule has 2 aromatic rings. The minimum Gasteiger partial charge on any atom is -0.493 e. The summed E-state index contributed by atoms with van der Waals surface area (Å²) in [5.74, 6) is 2.24. The van der Waals surface area contributed by atoms with Gasteiger partial charge in [-0.3, -0.25) is 5.10 Å². The molecule has 140 valence electrons. The van der Waals surface area contributed by atoms with Crippen molar-refractivity contribution >= 4 is 0 Å². The van der Waals surface area contributed by atoms with Gasteiger partial charge in [0, 0.05) is 12.0 Å². The first-order valence-corrected chi connectivity index (χ1v) is 9.82. The van der Waals surface area contributed by atoms with Crippen molar-refractivity contribution in [2.24, 2.45) is 5.92 Å². The molecule has 1 aliphatic heterocycles. The predicted octanol–water partition coefficient (Wildman–Crippen LogP) is 4.72. The number of nitrogens with zero attached hydrogens (tertiary/aromatic N) is 1. The van der Waals surface area contributed by atoms with Crippen LogP contribution in [0.3, 0.4) is 0 Å². The maximum Gasteiger partial charge on any atom is 0.200 e. The first-order valence-electron chi connectivity index (χ1n) is 9.82. The minimum absolute atomic E-state index is 0.178. The fourth-order valence-corrected chi connectivity index (χ4v) is 4.13. The van der Waals surface area contributed by atoms with E-state index in [1.165, 1.54) is 37.7 Å². The van der Waals surface area contributed by atoms with Gasteiger partial charge in [-0.15, -0.1) is 0 Å². The number of hydrogen-bond donors (Lipinski definition) is 1. The van der Waals surface area contributed by atoms with Crippen molar-refractivity contribution in [3.05, 3.63) is 30.0 Å². The van der Waals surface area contributed by atoms with E-state index in [1.54, 1.807) is 7.11 Å². The molecule has 0 spiro atoms. The van der Waals surface area contributed by atoms with Gasteiger partial charge in [-0.05, 0) is 42.5 Å². The zero-order valence-electron chi connectivity index (χ0n) is 15.5. The lowest BCUT2D eigenvalue weighted by Gasteiger charge is -2.21. The highest BCUT2D eigenvalue weighted by Crippen LogP contribution is 2.36. The highest BCUT2D eigenvalue weighted by atomic mass is 16.7. The van der Waals surface area contributed by atoms with Crippen molar-refractivity contribution in [3.63, 3.8) is 0 Å². The lowest BCUT2D eigenvalue weighted by atomic mass is 9.84. The molecule has 0 radical (unpaired) electrons. The van der Waals surface area contributed by atoms with E-state index in [0.29, 0.717) is 0 Å². The summed E-state index contributed by atoms with van der Waals surface area (Å²) in [7, 11) is 1.67. The molecule has 5 nitrogen and oxygen atoms in total. The van der Waals surface area contributed by atoms with Gasteiger partial charge in [0.1, 0.15) is 0 Å². The van der Waals surface area contributed by atoms with E-state index in [-0.39, 0.29) is 6.29 Å². The van der Waals surface area contributed by atoms with Gasteiger partial charge in [-0.1, -0.05) is 32.1 Å². The van der Waals surface area contributed by atoms with Crippen molar-refractivity contribution in [2.75, 3.05) is 13.7 Å². The number of aromatic nitrogens is 2. The zero-order chi connectivity index (χ0) is 17.8. The molecular formula is C21H28N2O3. The Bertz CT molecular complexity index is 716. The summed E-state index contributed by atoms with van der Waals surface area (Å²) in [5.41, 5.74) is 3.47. The summed E-state index contributed by atoms with van der Waals surface area (Å²) in [6.07, 6.45) is 11.6. The maximum absolute atomic E-state index is 6.04. The average molecular weight is 356 g/mol. The molecule has 1 aromatic heterocycles. The summed E-state index contributed by atoms with van der Waals surface area (Å²) in [5, 5.41) is 7.51. The number of ether oxygens (including phenoxy) is 3. The van der Waals surface area contributed by atoms with E-state index in [1.807, 2.05) is 18.3 Å². The Morgan fingerprint density at radius 3 is 2.77 bits per heavy atom. The molecule has 1 aliphatic carbocycles. The van der Waals surface area contributed by atoms with E-state index in [4.69, 9.17) is 14.2 Å². The number of rotatable bonds is 6. The monoisotopic (exact) mass is 356 g/mol. The van der Waals surface area contributed by atoms with Gasteiger partial charge < -0.3 is 14.2 Å². The molecule has 1 unspecified atom stereocenters. The van der Waals surface area contributed by atoms with Crippen molar-refractivity contribution in [3.8, 4) is 22.8 Å². The van der Waals surface area contributed by atoms with E-state index in [2.05, 4.69) is 16.3 Å². The quantitative estimate of drug-likeness (QED) is 0.813. The van der Waals surface area contributed by atoms with Gasteiger partial charge in [-0.2, -0.15) is 5.10 Å². The summed E-state index contributed by atoms with van der Waals surface area (Å²) in [4.78, 5) is 0. The number of methoxy groups -OCH3 is 1. The van der Waals surface area contributed by atoms with Crippen LogP contribution in [0.4, 0.5) is 0 Å². The topological polar surface area (TPSA) is 56.4 Å². The molecule has 0 amide bonds. The highest BCUT2D eigenvalue weighted by Gasteiger charge is 2.21. The molecule has 4 rings (SSSR count). The molecule has 1 N–H and O–H groups in total. The van der Waals surface area contributed by atoms with Crippen LogP contribution in [0, 0.1) is 5.92 Å². The van der Waals surface area contributed by atoms with Crippen molar-refractivity contribution in [1.29, 1.82) is 0 Å². The summed E-state index contributed by atoms with van der Waals surface area (Å²) in [6, 6.07) is 6.07. The first-order chi connectivity index (χ1) is 12.8. The average Bonchev–Trinajstić information content (AvgIpc) is 3.35. The van der Waals surface area contributed by atoms with Crippen LogP contribution < -0.4 is 9.47 Å². The van der Waals surface area contributed by atoms with Crippen molar-refractivity contribution in [2.45, 2.75) is 57.7 Å². The van der Waals surface area contributed by atoms with E-state index in [0.717, 1.165) is 54.5 Å². The lowest BCUT2D eigenvalue weighted by molar-refractivity contribution is -0.0402. The van der Waals surface area contributed by atoms with Crippen LogP contribution in [-0.2, 0) is 11.2 Å². The van der Waals surface area contributed by atoms with Crippen LogP contribution in [0.1, 0.15) is 50.5 Å². The summed E-state index contributed by atoms with van der Waals surface area (Å²) >= 11 is 0. The molecule has 2 aliphatic rings. The number of H-pyrrole nitrogens is 1. The molecule has 5 heteroatoms. The summed E-state index contributed by atoms with van der Waals surface area (Å²) in [6.45, 7) is 0.763. The van der Waals surface area contributed by atoms with Crippen LogP contribution >= 0.6 is 0 Å². The maximum atomic E-state index is 6.04. The highest BCUT2D eigenvalue weighted by molar-refractivity contribution is 5.66. The van der Waals surface area contributed by atoms with E-state index in [9.17, 15) is 0 Å². The number of aromatic amines is 1. The Morgan fingerprint density at radius 1 is 1.12 bits per heavy atom. The third-order valence-corrected chi connectivity index (χ3v) is 5.55. The molecule has 2 fully saturated rings. The van der Waals surface area contributed by atoms with Gasteiger partial charge >= 0.3 is 0 Å². The lowest BCUT2D eigenvalue weighted by Crippen LogP contribution is -2.14. The van der Waals surface area contributed by atoms with E-state index < -0.39 is 0 Å². The number of nitrogens with one attached hydrogen (secondary N) is 1. The Morgan fingerprint density at radius 2 is 2.00 bits per heavy atom. The molecule has 1 aromatic carbocycles. The molecular weight excluding hydrogens is 328 g/mol. The molecule has 1 saturated heterocycles. The fraction of sp³-hybridized carbons (Fsp3) is 0.571. The zero-order valence-corrected chi connectivity index (χ0v) is 15.5. The van der Waals surface area contributed by atoms with Crippen LogP contribution in [0.15, 0.2) is 24.4 Å². The van der Waals surface area contributed by atoms with Crippen LogP contribution in [0.25, 0.3) is 11.3 Å². The molecule has 0 bridgehead atoms. The molecule has 2 heterocycles. The molecule has 1 saturated carbocycles. The third kappa shape index (κ3) is 3.88. The Kier molecular flexibility index (Phi) is 5.44. The second-order valence-corrected chi connectivity index (χ2v) is 7.40. The minimum atomic E-state index is -0.178. The summed E-state index contributed by atoms with van der Waals surface area (Å²) < 4.78 is 17.1. The largest absolute Gasteiger partial charge is 0.493 e. The van der Waals surface area contributed by atoms with Crippen LogP contribution in [0.2, 0.25) is 0 Å². The smallest absolute Gasteiger partial charge is 0.200 e. The van der Waals surface area contributed by atoms with Gasteiger partial charge in [0.2, 0.25) is 0 Å². The van der Waals surface area contributed by atoms with Gasteiger partial charge in [0.25, 0.3) is 0 Å². The SMILES string of the molecule is COc1ccc(-c2[nH]ncc2CC2CCCCC2)cc1OC1CCCO1. The van der Waals surface area contributed by atoms with Crippen molar-refractivity contribution < 1.29 is 14.2 Å². The predicted molar refractivity (Wildman–Crippen MR) is 100 cm³/mol. The number of benzene rings is 1. The number of hydrogen-bond acceptors (Lipinski definition) is 4. The molecule has 1 atom stereocenters. The first kappa shape index (κ1) is 17.4. The second kappa shape index (κ2) is 8.12. The van der Waals surface area contributed by atoms with Gasteiger partial charge in [-0.25, -0.2) is 0 Å². The Hall–Kier alpha value is -2.01. The standard InChI is InChI=1S/C21H28N2O3/c1-24-18-10-9-16(13-19(18)26-20-8-5-11-25-20)21-17(14-22-23-21)12-15-6-3-2-4-7-15/h9-10,13-15,20H,2-8,11-12H2,1H3,(H,22,23). The Labute approximate surface area is 155 Å². The second-order valence-electron chi connectivity index (χ2n) is 7.40. The van der Waals surface area contributed by atoms with Gasteiger partial charge in [0.15, 0.2) is 17.8 Å². The Balaban J connectivity index is 1.56. The van der Waals surface area contributed by atoms with E-state index >= 15 is 0 Å². The van der Waals surface area contributed by atoms with Crippen LogP contribution in [0.5, 0.6) is 11.5 Å². The van der Waals surface area contributed by atoms with Gasteiger partial charge in [0.05, 0.1) is 25.6 Å². The van der Waals surface area contributed by atoms with Crippen LogP contribution in [-0.4, -0.2) is 30.2 Å². The van der Waals surface area contributed by atoms with Crippen molar-refractivity contribution in [1.82, 2.24) is 10.2 Å². The fourth-order valence-electron chi connectivity index (χ4n) is 4.13. The normalized spacial score (nSPS) is 21.0.